The molecule has 88 valence electrons. The summed E-state index contributed by atoms with van der Waals surface area (Å²) in [6, 6.07) is 6.25. The van der Waals surface area contributed by atoms with Crippen molar-refractivity contribution in [1.29, 1.82) is 0 Å². The maximum absolute atomic E-state index is 11.9. The van der Waals surface area contributed by atoms with E-state index in [1.165, 1.54) is 12.1 Å². The number of hydrogen-bond acceptors (Lipinski definition) is 3. The first kappa shape index (κ1) is 11.9. The summed E-state index contributed by atoms with van der Waals surface area (Å²) in [4.78, 5) is 0.321. The van der Waals surface area contributed by atoms with E-state index in [1.807, 2.05) is 0 Å². The van der Waals surface area contributed by atoms with Crippen molar-refractivity contribution in [2.75, 3.05) is 5.75 Å². The molecule has 0 bridgehead atoms. The molecule has 0 saturated heterocycles. The molecule has 1 aromatic carbocycles. The van der Waals surface area contributed by atoms with E-state index in [9.17, 15) is 8.42 Å². The van der Waals surface area contributed by atoms with Crippen LogP contribution in [-0.4, -0.2) is 19.7 Å². The minimum Gasteiger partial charge on any atom is -0.325 e. The first-order valence-electron chi connectivity index (χ1n) is 5.19. The van der Waals surface area contributed by atoms with Gasteiger partial charge in [0.1, 0.15) is 0 Å². The normalized spacial score (nSPS) is 18.4. The average molecular weight is 260 g/mol. The highest BCUT2D eigenvalue weighted by atomic mass is 35.5. The second kappa shape index (κ2) is 4.02. The van der Waals surface area contributed by atoms with Gasteiger partial charge in [-0.2, -0.15) is 0 Å². The Balaban J connectivity index is 2.09. The second-order valence-corrected chi connectivity index (χ2v) is 6.93. The Bertz CT molecular complexity index is 477. The summed E-state index contributed by atoms with van der Waals surface area (Å²) in [5.74, 6) is 0.116. The van der Waals surface area contributed by atoms with Crippen LogP contribution in [0.25, 0.3) is 0 Å². The lowest BCUT2D eigenvalue weighted by Crippen LogP contribution is -2.25. The topological polar surface area (TPSA) is 60.2 Å². The molecule has 0 atom stereocenters. The number of hydrogen-bond donors (Lipinski definition) is 1. The Hall–Kier alpha value is -0.580. The van der Waals surface area contributed by atoms with Gasteiger partial charge in [-0.15, -0.1) is 0 Å². The Morgan fingerprint density at radius 1 is 1.25 bits per heavy atom. The van der Waals surface area contributed by atoms with Crippen molar-refractivity contribution in [3.8, 4) is 0 Å². The van der Waals surface area contributed by atoms with E-state index in [1.54, 1.807) is 12.1 Å². The number of sulfone groups is 1. The van der Waals surface area contributed by atoms with Gasteiger partial charge in [-0.3, -0.25) is 0 Å². The summed E-state index contributed by atoms with van der Waals surface area (Å²) in [6.45, 7) is 0. The molecule has 0 unspecified atom stereocenters. The monoisotopic (exact) mass is 259 g/mol. The van der Waals surface area contributed by atoms with Crippen LogP contribution in [-0.2, 0) is 9.84 Å². The maximum Gasteiger partial charge on any atom is 0.178 e. The van der Waals surface area contributed by atoms with E-state index in [-0.39, 0.29) is 11.3 Å². The molecule has 0 amide bonds. The second-order valence-electron chi connectivity index (χ2n) is 4.39. The average Bonchev–Trinajstić information content (AvgIpc) is 2.96. The van der Waals surface area contributed by atoms with Crippen LogP contribution in [0.1, 0.15) is 19.3 Å². The van der Waals surface area contributed by atoms with Crippen LogP contribution < -0.4 is 5.73 Å². The Labute approximate surface area is 101 Å². The molecule has 1 aromatic rings. The van der Waals surface area contributed by atoms with Gasteiger partial charge in [0.25, 0.3) is 0 Å². The molecule has 0 spiro atoms. The van der Waals surface area contributed by atoms with Gasteiger partial charge in [-0.25, -0.2) is 8.42 Å². The van der Waals surface area contributed by atoms with Gasteiger partial charge in [-0.1, -0.05) is 11.6 Å². The molecule has 0 aromatic heterocycles. The Morgan fingerprint density at radius 2 is 1.81 bits per heavy atom. The first-order chi connectivity index (χ1) is 7.41. The molecule has 1 aliphatic carbocycles. The van der Waals surface area contributed by atoms with Crippen molar-refractivity contribution in [3.05, 3.63) is 29.3 Å². The van der Waals surface area contributed by atoms with Gasteiger partial charge >= 0.3 is 0 Å². The maximum atomic E-state index is 11.9. The van der Waals surface area contributed by atoms with E-state index >= 15 is 0 Å². The number of rotatable bonds is 4. The molecule has 1 aliphatic rings. The third-order valence-electron chi connectivity index (χ3n) is 2.93. The zero-order chi connectivity index (χ0) is 11.8. The molecule has 3 nitrogen and oxygen atoms in total. The van der Waals surface area contributed by atoms with E-state index in [2.05, 4.69) is 0 Å². The third kappa shape index (κ3) is 2.75. The van der Waals surface area contributed by atoms with Crippen molar-refractivity contribution in [3.63, 3.8) is 0 Å². The van der Waals surface area contributed by atoms with Gasteiger partial charge in [0, 0.05) is 10.6 Å². The molecule has 2 rings (SSSR count). The van der Waals surface area contributed by atoms with Crippen molar-refractivity contribution < 1.29 is 8.42 Å². The molecule has 0 radical (unpaired) electrons. The highest BCUT2D eigenvalue weighted by Crippen LogP contribution is 2.36. The molecule has 2 N–H and O–H groups in total. The quantitative estimate of drug-likeness (QED) is 0.900. The highest BCUT2D eigenvalue weighted by molar-refractivity contribution is 7.91. The van der Waals surface area contributed by atoms with Crippen LogP contribution in [0.4, 0.5) is 0 Å². The third-order valence-corrected chi connectivity index (χ3v) is 4.92. The van der Waals surface area contributed by atoms with Gasteiger partial charge in [-0.05, 0) is 43.5 Å². The highest BCUT2D eigenvalue weighted by Gasteiger charge is 2.38. The van der Waals surface area contributed by atoms with E-state index in [4.69, 9.17) is 17.3 Å². The number of nitrogens with two attached hydrogens (primary N) is 1. The molecule has 0 aliphatic heterocycles. The first-order valence-corrected chi connectivity index (χ1v) is 7.22. The summed E-state index contributed by atoms with van der Waals surface area (Å²) >= 11 is 5.71. The predicted octanol–water partition coefficient (Wildman–Crippen LogP) is 2.00. The van der Waals surface area contributed by atoms with Crippen LogP contribution in [0.3, 0.4) is 0 Å². The van der Waals surface area contributed by atoms with Crippen LogP contribution in [0.2, 0.25) is 5.02 Å². The lowest BCUT2D eigenvalue weighted by atomic mass is 10.2. The molecular weight excluding hydrogens is 246 g/mol. The summed E-state index contributed by atoms with van der Waals surface area (Å²) in [5.41, 5.74) is 5.65. The van der Waals surface area contributed by atoms with Crippen molar-refractivity contribution in [1.82, 2.24) is 0 Å². The predicted molar refractivity (Wildman–Crippen MR) is 64.3 cm³/mol. The fourth-order valence-electron chi connectivity index (χ4n) is 1.51. The lowest BCUT2D eigenvalue weighted by molar-refractivity contribution is 0.579. The summed E-state index contributed by atoms with van der Waals surface area (Å²) in [5, 5.41) is 0.538. The minimum atomic E-state index is -3.21. The minimum absolute atomic E-state index is 0.116. The molecule has 1 saturated carbocycles. The van der Waals surface area contributed by atoms with Gasteiger partial charge in [0.05, 0.1) is 10.6 Å². The summed E-state index contributed by atoms with van der Waals surface area (Å²) in [6.07, 6.45) is 2.41. The zero-order valence-electron chi connectivity index (χ0n) is 8.82. The fraction of sp³-hybridized carbons (Fsp3) is 0.455. The van der Waals surface area contributed by atoms with Gasteiger partial charge in [0.2, 0.25) is 0 Å². The van der Waals surface area contributed by atoms with E-state index in [0.29, 0.717) is 16.3 Å². The smallest absolute Gasteiger partial charge is 0.178 e. The standard InChI is InChI=1S/C11H14ClNO2S/c12-9-1-3-10(4-2-9)16(14,15)8-7-11(13)5-6-11/h1-4H,5-8,13H2. The van der Waals surface area contributed by atoms with Crippen LogP contribution in [0.15, 0.2) is 29.2 Å². The molecular formula is C11H14ClNO2S. The van der Waals surface area contributed by atoms with Gasteiger partial charge < -0.3 is 5.73 Å². The Morgan fingerprint density at radius 3 is 2.31 bits per heavy atom. The van der Waals surface area contributed by atoms with E-state index in [0.717, 1.165) is 12.8 Å². The van der Waals surface area contributed by atoms with Crippen LogP contribution in [0.5, 0.6) is 0 Å². The number of halogens is 1. The van der Waals surface area contributed by atoms with Crippen molar-refractivity contribution in [2.24, 2.45) is 5.73 Å². The lowest BCUT2D eigenvalue weighted by Gasteiger charge is -2.09. The Kier molecular flexibility index (Phi) is 2.99. The van der Waals surface area contributed by atoms with Gasteiger partial charge in [0.15, 0.2) is 9.84 Å². The number of benzene rings is 1. The SMILES string of the molecule is NC1(CCS(=O)(=O)c2ccc(Cl)cc2)CC1. The molecule has 16 heavy (non-hydrogen) atoms. The van der Waals surface area contributed by atoms with Crippen LogP contribution in [0, 0.1) is 0 Å². The fourth-order valence-corrected chi connectivity index (χ4v) is 3.10. The van der Waals surface area contributed by atoms with Crippen molar-refractivity contribution in [2.45, 2.75) is 29.7 Å². The van der Waals surface area contributed by atoms with Crippen LogP contribution >= 0.6 is 11.6 Å². The van der Waals surface area contributed by atoms with Crippen molar-refractivity contribution >= 4 is 21.4 Å². The zero-order valence-corrected chi connectivity index (χ0v) is 10.4. The molecule has 5 heteroatoms. The summed E-state index contributed by atoms with van der Waals surface area (Å²) < 4.78 is 23.8. The van der Waals surface area contributed by atoms with E-state index < -0.39 is 9.84 Å². The molecule has 1 fully saturated rings. The summed E-state index contributed by atoms with van der Waals surface area (Å²) in [7, 11) is -3.21. The largest absolute Gasteiger partial charge is 0.325 e. The molecule has 0 heterocycles.